The van der Waals surface area contributed by atoms with Gasteiger partial charge in [-0.1, -0.05) is 6.07 Å². The normalized spacial score (nSPS) is 14.6. The number of nitrogens with one attached hydrogen (secondary N) is 6. The van der Waals surface area contributed by atoms with Gasteiger partial charge >= 0.3 is 247 Å². The van der Waals surface area contributed by atoms with Crippen LogP contribution in [0.4, 0.5) is 0 Å². The number of nitrogens with two attached hydrogens (primary N) is 3. The van der Waals surface area contributed by atoms with E-state index in [9.17, 15) is 58.2 Å². The zero-order valence-electron chi connectivity index (χ0n) is 29.5. The number of hydrogen-bond donors (Lipinski definition) is 11. The van der Waals surface area contributed by atoms with Gasteiger partial charge in [-0.25, -0.2) is 4.79 Å². The molecular formula is C32H47N9O12Se. The van der Waals surface area contributed by atoms with E-state index in [2.05, 4.69) is 42.6 Å². The summed E-state index contributed by atoms with van der Waals surface area (Å²) in [5.74, 6) is -10.1. The molecule has 0 aliphatic carbocycles. The molecule has 54 heavy (non-hydrogen) atoms. The van der Waals surface area contributed by atoms with Gasteiger partial charge in [-0.05, 0) is 0 Å². The Hall–Kier alpha value is -5.60. The van der Waals surface area contributed by atoms with Crippen LogP contribution in [-0.2, 0) is 54.4 Å². The first-order chi connectivity index (χ1) is 25.2. The Morgan fingerprint density at radius 3 is 1.56 bits per heavy atom. The van der Waals surface area contributed by atoms with Crippen LogP contribution in [0.1, 0.15) is 51.5 Å². The number of aliphatic carboxylic acids is 2. The Bertz CT molecular complexity index is 1550. The zero-order valence-corrected chi connectivity index (χ0v) is 31.4. The number of benzene rings is 1. The Morgan fingerprint density at radius 1 is 0.611 bits per heavy atom. The number of carboxylic acid groups (broad SMARTS) is 2. The molecule has 14 N–H and O–H groups in total. The molecule has 7 atom stereocenters. The number of carboxylic acids is 2. The molecule has 0 aromatic heterocycles. The van der Waals surface area contributed by atoms with Crippen molar-refractivity contribution in [3.8, 4) is 0 Å². The van der Waals surface area contributed by atoms with E-state index in [4.69, 9.17) is 17.2 Å². The molecule has 0 saturated heterocycles. The molecule has 0 heterocycles. The summed E-state index contributed by atoms with van der Waals surface area (Å²) in [6, 6.07) is -1.43. The summed E-state index contributed by atoms with van der Waals surface area (Å²) in [5, 5.41) is 32.7. The minimum atomic E-state index is -1.78. The third-order valence-corrected chi connectivity index (χ3v) is 8.28. The van der Waals surface area contributed by atoms with Crippen LogP contribution in [0.15, 0.2) is 30.3 Å². The van der Waals surface area contributed by atoms with E-state index in [0.717, 1.165) is 0 Å². The molecule has 0 aliphatic heterocycles. The quantitative estimate of drug-likeness (QED) is 0.0435. The van der Waals surface area contributed by atoms with Gasteiger partial charge in [-0.3, -0.25) is 14.4 Å². The van der Waals surface area contributed by atoms with Crippen molar-refractivity contribution in [2.45, 2.75) is 100.0 Å². The van der Waals surface area contributed by atoms with Crippen LogP contribution in [0, 0.1) is 0 Å². The van der Waals surface area contributed by atoms with E-state index < -0.39 is 121 Å². The van der Waals surface area contributed by atoms with Crippen molar-refractivity contribution in [1.29, 1.82) is 0 Å². The fourth-order valence-corrected chi connectivity index (χ4v) is 5.08. The molecule has 0 saturated carbocycles. The predicted octanol–water partition coefficient (Wildman–Crippen LogP) is -5.09. The van der Waals surface area contributed by atoms with Gasteiger partial charge in [0.05, 0.1) is 6.42 Å². The zero-order chi connectivity index (χ0) is 41.1. The molecule has 0 fully saturated rings. The third kappa shape index (κ3) is 17.3. The maximum atomic E-state index is 13.6. The molecule has 21 nitrogen and oxygen atoms in total. The van der Waals surface area contributed by atoms with E-state index >= 15 is 0 Å². The van der Waals surface area contributed by atoms with Gasteiger partial charge in [0.15, 0.2) is 0 Å². The fraction of sp³-hybridized carbons (Fsp3) is 0.500. The summed E-state index contributed by atoms with van der Waals surface area (Å²) >= 11 is 2.07. The topological polar surface area (TPSA) is 361 Å². The summed E-state index contributed by atoms with van der Waals surface area (Å²) in [6.45, 7) is 2.65. The summed E-state index contributed by atoms with van der Waals surface area (Å²) in [4.78, 5) is 124. The second kappa shape index (κ2) is 23.1. The van der Waals surface area contributed by atoms with E-state index in [-0.39, 0.29) is 24.6 Å². The first-order valence-electron chi connectivity index (χ1n) is 16.5. The van der Waals surface area contributed by atoms with Crippen molar-refractivity contribution in [3.63, 3.8) is 0 Å². The van der Waals surface area contributed by atoms with Crippen LogP contribution in [-0.4, -0.2) is 128 Å². The van der Waals surface area contributed by atoms with Gasteiger partial charge in [0, 0.05) is 6.42 Å². The van der Waals surface area contributed by atoms with Gasteiger partial charge in [0.25, 0.3) is 0 Å². The molecule has 1 aromatic rings. The fourth-order valence-electron chi connectivity index (χ4n) is 4.54. The maximum absolute atomic E-state index is 13.6. The smallest absolute Gasteiger partial charge is 0.481 e. The molecule has 0 bridgehead atoms. The molecule has 22 heteroatoms. The number of carbonyl (C=O) groups excluding carboxylic acids is 8. The van der Waals surface area contributed by atoms with Crippen molar-refractivity contribution in [1.82, 2.24) is 31.9 Å². The average Bonchev–Trinajstić information content (AvgIpc) is 3.09. The van der Waals surface area contributed by atoms with Crippen LogP contribution in [0.25, 0.3) is 0 Å². The van der Waals surface area contributed by atoms with Crippen LogP contribution in [0.2, 0.25) is 5.32 Å². The molecule has 1 aromatic carbocycles. The van der Waals surface area contributed by atoms with E-state index in [1.54, 1.807) is 30.3 Å². The molecule has 298 valence electrons. The second-order valence-corrected chi connectivity index (χ2v) is 12.9. The number of rotatable bonds is 24. The standard InChI is InChI=1S/C32H47N9O12Se/c1-15(33)26(46)37-18(8-10-23(34)42)29(49)41-22(14-54)31(51)36-16(2)27(47)39-20(12-17-6-4-3-5-7-17)30(50)38-19(9-11-25(44)45)28(48)40-21(32(52)53)13-24(35)43/h3-7,15-16,18-22,54H,8-14,33H2,1-2H3,(H2,34,42)(H2,35,43)(H,36,51)(H,37,46)(H,38,50)(H,39,47)(H,40,48)(H,41,49)(H,44,45)(H,52,53)/t15-,16-,18-,19-,20-,21-,22-/m0/s1. The monoisotopic (exact) mass is 829 g/mol. The van der Waals surface area contributed by atoms with Gasteiger partial charge in [-0.2, -0.15) is 0 Å². The minimum absolute atomic E-state index is 0.0380. The van der Waals surface area contributed by atoms with Gasteiger partial charge in [-0.15, -0.1) is 0 Å². The first-order valence-corrected chi connectivity index (χ1v) is 17.8. The van der Waals surface area contributed by atoms with E-state index in [1.165, 1.54) is 13.8 Å². The number of amides is 8. The minimum Gasteiger partial charge on any atom is -0.481 e. The Labute approximate surface area is 317 Å². The molecule has 1 rings (SSSR count). The summed E-state index contributed by atoms with van der Waals surface area (Å²) in [5.41, 5.74) is 16.3. The SMILES string of the molecule is C[C@H](N)C(=O)N[C@@H](CCC(N)=O)C(=O)N[C@@H](C[SeH])C(=O)N[C@@H](C)C(=O)N[C@@H](Cc1ccccc1)C(=O)N[C@@H](CCC(=O)O)C(=O)N[C@@H](CC(N)=O)C(=O)O. The Morgan fingerprint density at radius 2 is 1.07 bits per heavy atom. The Balaban J connectivity index is 3.20. The summed E-state index contributed by atoms with van der Waals surface area (Å²) < 4.78 is 0. The molecule has 0 aliphatic rings. The van der Waals surface area contributed by atoms with Crippen LogP contribution in [0.5, 0.6) is 0 Å². The van der Waals surface area contributed by atoms with E-state index in [0.29, 0.717) is 5.56 Å². The van der Waals surface area contributed by atoms with Crippen molar-refractivity contribution < 1.29 is 58.2 Å². The van der Waals surface area contributed by atoms with Crippen molar-refractivity contribution in [3.05, 3.63) is 35.9 Å². The third-order valence-electron chi connectivity index (χ3n) is 7.51. The van der Waals surface area contributed by atoms with E-state index in [1.807, 2.05) is 5.32 Å². The number of primary amides is 2. The Kier molecular flexibility index (Phi) is 19.9. The number of carbonyl (C=O) groups is 10. The number of hydrogen-bond acceptors (Lipinski definition) is 11. The second-order valence-electron chi connectivity index (χ2n) is 12.1. The first kappa shape index (κ1) is 46.4. The van der Waals surface area contributed by atoms with Crippen LogP contribution < -0.4 is 49.1 Å². The summed E-state index contributed by atoms with van der Waals surface area (Å²) in [7, 11) is 0. The van der Waals surface area contributed by atoms with Gasteiger partial charge < -0.3 is 21.3 Å². The van der Waals surface area contributed by atoms with Crippen LogP contribution in [0.3, 0.4) is 0 Å². The summed E-state index contributed by atoms with van der Waals surface area (Å²) in [6.07, 6.45) is -2.55. The predicted molar refractivity (Wildman–Crippen MR) is 190 cm³/mol. The molecular weight excluding hydrogens is 781 g/mol. The molecule has 0 unspecified atom stereocenters. The van der Waals surface area contributed by atoms with Gasteiger partial charge in [0.1, 0.15) is 6.04 Å². The molecule has 0 radical (unpaired) electrons. The molecule has 0 spiro atoms. The van der Waals surface area contributed by atoms with Gasteiger partial charge in [0.2, 0.25) is 5.91 Å². The molecule has 8 amide bonds. The van der Waals surface area contributed by atoms with Crippen LogP contribution >= 0.6 is 0 Å². The van der Waals surface area contributed by atoms with Crippen molar-refractivity contribution in [2.75, 3.05) is 0 Å². The average molecular weight is 829 g/mol. The van der Waals surface area contributed by atoms with Crippen molar-refractivity contribution >= 4 is 75.2 Å². The van der Waals surface area contributed by atoms with Crippen molar-refractivity contribution in [2.24, 2.45) is 17.2 Å².